The molecule has 0 aliphatic heterocycles. The summed E-state index contributed by atoms with van der Waals surface area (Å²) >= 11 is 0. The topological polar surface area (TPSA) is 110 Å². The second kappa shape index (κ2) is 11.6. The minimum absolute atomic E-state index is 0.284. The monoisotopic (exact) mass is 501 g/mol. The van der Waals surface area contributed by atoms with Crippen LogP contribution in [0.5, 0.6) is 11.5 Å². The number of aryl methyl sites for hydroxylation is 1. The number of fused-ring (bicyclic) bond motifs is 2. The number of aromatic nitrogens is 3. The second-order valence-electron chi connectivity index (χ2n) is 8.79. The summed E-state index contributed by atoms with van der Waals surface area (Å²) in [5.74, 6) is 1.31. The van der Waals surface area contributed by atoms with Crippen LogP contribution in [0.2, 0.25) is 0 Å². The first kappa shape index (κ1) is 24.3. The normalized spacial score (nSPS) is 11.2. The van der Waals surface area contributed by atoms with E-state index in [0.29, 0.717) is 29.3 Å². The SMILES string of the molecule is O=c1ccc2ccc(OCCCCCCCn3cc(COc4ccc5ccc(=O)oc5c4)nn3)cc2o1. The molecule has 5 rings (SSSR count). The smallest absolute Gasteiger partial charge is 0.336 e. The molecule has 37 heavy (non-hydrogen) atoms. The van der Waals surface area contributed by atoms with Crippen molar-refractivity contribution in [1.82, 2.24) is 15.0 Å². The fourth-order valence-electron chi connectivity index (χ4n) is 4.03. The first-order valence-corrected chi connectivity index (χ1v) is 12.3. The summed E-state index contributed by atoms with van der Waals surface area (Å²) < 4.78 is 23.8. The first-order valence-electron chi connectivity index (χ1n) is 12.3. The van der Waals surface area contributed by atoms with E-state index in [1.165, 1.54) is 12.1 Å². The van der Waals surface area contributed by atoms with Gasteiger partial charge in [0.25, 0.3) is 0 Å². The van der Waals surface area contributed by atoms with Gasteiger partial charge in [0.15, 0.2) is 0 Å². The Morgan fingerprint density at radius 1 is 0.703 bits per heavy atom. The molecular formula is C28H27N3O6. The molecule has 0 aliphatic carbocycles. The molecule has 190 valence electrons. The van der Waals surface area contributed by atoms with Gasteiger partial charge in [-0.3, -0.25) is 4.68 Å². The molecule has 9 heteroatoms. The largest absolute Gasteiger partial charge is 0.493 e. The van der Waals surface area contributed by atoms with Crippen LogP contribution < -0.4 is 20.7 Å². The van der Waals surface area contributed by atoms with Crippen LogP contribution in [0.1, 0.15) is 37.8 Å². The van der Waals surface area contributed by atoms with E-state index in [4.69, 9.17) is 18.3 Å². The zero-order valence-corrected chi connectivity index (χ0v) is 20.3. The zero-order chi connectivity index (χ0) is 25.5. The lowest BCUT2D eigenvalue weighted by atomic mass is 10.1. The van der Waals surface area contributed by atoms with E-state index in [0.717, 1.165) is 55.1 Å². The molecule has 5 aromatic rings. The third-order valence-corrected chi connectivity index (χ3v) is 5.96. The van der Waals surface area contributed by atoms with Gasteiger partial charge in [-0.05, 0) is 49.2 Å². The fourth-order valence-corrected chi connectivity index (χ4v) is 4.03. The molecule has 0 atom stereocenters. The summed E-state index contributed by atoms with van der Waals surface area (Å²) in [5, 5.41) is 10.1. The first-order chi connectivity index (χ1) is 18.1. The zero-order valence-electron chi connectivity index (χ0n) is 20.3. The predicted octanol–water partition coefficient (Wildman–Crippen LogP) is 5.10. The minimum Gasteiger partial charge on any atom is -0.493 e. The molecular weight excluding hydrogens is 474 g/mol. The molecule has 0 saturated heterocycles. The highest BCUT2D eigenvalue weighted by Crippen LogP contribution is 2.21. The molecule has 0 bridgehead atoms. The Kier molecular flexibility index (Phi) is 7.59. The molecule has 2 aromatic carbocycles. The van der Waals surface area contributed by atoms with Crippen LogP contribution >= 0.6 is 0 Å². The summed E-state index contributed by atoms with van der Waals surface area (Å²) in [4.78, 5) is 22.8. The Bertz CT molecular complexity index is 1600. The third-order valence-electron chi connectivity index (χ3n) is 5.96. The molecule has 3 heterocycles. The van der Waals surface area contributed by atoms with E-state index in [2.05, 4.69) is 10.3 Å². The Labute approximate surface area is 212 Å². The molecule has 0 N–H and O–H groups in total. The molecule has 3 aromatic heterocycles. The van der Waals surface area contributed by atoms with Crippen molar-refractivity contribution in [3.8, 4) is 11.5 Å². The number of ether oxygens (including phenoxy) is 2. The highest BCUT2D eigenvalue weighted by Gasteiger charge is 2.05. The van der Waals surface area contributed by atoms with E-state index < -0.39 is 0 Å². The Hall–Kier alpha value is -4.40. The lowest BCUT2D eigenvalue weighted by Gasteiger charge is -2.07. The maximum atomic E-state index is 11.4. The molecule has 0 amide bonds. The van der Waals surface area contributed by atoms with Crippen LogP contribution in [0.3, 0.4) is 0 Å². The lowest BCUT2D eigenvalue weighted by Crippen LogP contribution is -2.00. The van der Waals surface area contributed by atoms with Crippen molar-refractivity contribution in [3.63, 3.8) is 0 Å². The number of benzene rings is 2. The van der Waals surface area contributed by atoms with Crippen LogP contribution in [0, 0.1) is 0 Å². The highest BCUT2D eigenvalue weighted by atomic mass is 16.5. The molecule has 0 unspecified atom stereocenters. The summed E-state index contributed by atoms with van der Waals surface area (Å²) in [7, 11) is 0. The van der Waals surface area contributed by atoms with Gasteiger partial charge in [-0.15, -0.1) is 5.10 Å². The molecule has 0 fully saturated rings. The average Bonchev–Trinajstić information content (AvgIpc) is 3.36. The van der Waals surface area contributed by atoms with Crippen molar-refractivity contribution in [2.75, 3.05) is 6.61 Å². The number of unbranched alkanes of at least 4 members (excludes halogenated alkanes) is 4. The van der Waals surface area contributed by atoms with Crippen molar-refractivity contribution in [1.29, 1.82) is 0 Å². The Morgan fingerprint density at radius 2 is 1.30 bits per heavy atom. The van der Waals surface area contributed by atoms with E-state index in [9.17, 15) is 9.59 Å². The van der Waals surface area contributed by atoms with Gasteiger partial charge in [-0.1, -0.05) is 24.5 Å². The van der Waals surface area contributed by atoms with Gasteiger partial charge in [0, 0.05) is 41.6 Å². The summed E-state index contributed by atoms with van der Waals surface area (Å²) in [5.41, 5.74) is 1.01. The van der Waals surface area contributed by atoms with Gasteiger partial charge in [0.05, 0.1) is 12.8 Å². The van der Waals surface area contributed by atoms with Crippen LogP contribution in [-0.4, -0.2) is 21.6 Å². The summed E-state index contributed by atoms with van der Waals surface area (Å²) in [6.07, 6.45) is 7.14. The van der Waals surface area contributed by atoms with Crippen LogP contribution in [-0.2, 0) is 13.2 Å². The van der Waals surface area contributed by atoms with Gasteiger partial charge in [-0.2, -0.15) is 0 Å². The maximum Gasteiger partial charge on any atom is 0.336 e. The minimum atomic E-state index is -0.390. The molecule has 9 nitrogen and oxygen atoms in total. The Balaban J connectivity index is 0.969. The molecule has 0 spiro atoms. The predicted molar refractivity (Wildman–Crippen MR) is 138 cm³/mol. The number of hydrogen-bond donors (Lipinski definition) is 0. The third kappa shape index (κ3) is 6.63. The van der Waals surface area contributed by atoms with Crippen LogP contribution in [0.4, 0.5) is 0 Å². The van der Waals surface area contributed by atoms with Crippen molar-refractivity contribution in [2.45, 2.75) is 45.3 Å². The number of rotatable bonds is 12. The fraction of sp³-hybridized carbons (Fsp3) is 0.286. The standard InChI is InChI=1S/C28H27N3O6/c32-27-12-8-20-6-10-23(16-25(20)36-27)34-15-5-3-1-2-4-14-31-18-22(29-30-31)19-35-24-11-7-21-9-13-28(33)37-26(21)17-24/h6-13,16-18H,1-5,14-15,19H2. The molecule has 0 saturated carbocycles. The van der Waals surface area contributed by atoms with Gasteiger partial charge < -0.3 is 18.3 Å². The van der Waals surface area contributed by atoms with E-state index >= 15 is 0 Å². The van der Waals surface area contributed by atoms with Crippen LogP contribution in [0.25, 0.3) is 21.9 Å². The van der Waals surface area contributed by atoms with Crippen molar-refractivity contribution in [3.05, 3.63) is 93.4 Å². The van der Waals surface area contributed by atoms with E-state index in [-0.39, 0.29) is 17.9 Å². The Morgan fingerprint density at radius 3 is 2.00 bits per heavy atom. The quantitative estimate of drug-likeness (QED) is 0.172. The number of nitrogens with zero attached hydrogens (tertiary/aromatic N) is 3. The van der Waals surface area contributed by atoms with Gasteiger partial charge in [0.1, 0.15) is 35.0 Å². The number of hydrogen-bond acceptors (Lipinski definition) is 8. The molecule has 0 radical (unpaired) electrons. The van der Waals surface area contributed by atoms with Crippen molar-refractivity contribution >= 4 is 21.9 Å². The van der Waals surface area contributed by atoms with E-state index in [1.54, 1.807) is 24.3 Å². The molecule has 0 aliphatic rings. The van der Waals surface area contributed by atoms with Gasteiger partial charge >= 0.3 is 11.3 Å². The van der Waals surface area contributed by atoms with Crippen molar-refractivity contribution < 1.29 is 18.3 Å². The van der Waals surface area contributed by atoms with E-state index in [1.807, 2.05) is 35.1 Å². The van der Waals surface area contributed by atoms with Crippen molar-refractivity contribution in [2.24, 2.45) is 0 Å². The maximum absolute atomic E-state index is 11.4. The van der Waals surface area contributed by atoms with Crippen LogP contribution in [0.15, 0.2) is 85.3 Å². The summed E-state index contributed by atoms with van der Waals surface area (Å²) in [6.45, 7) is 1.71. The van der Waals surface area contributed by atoms with Gasteiger partial charge in [0.2, 0.25) is 0 Å². The second-order valence-corrected chi connectivity index (χ2v) is 8.79. The van der Waals surface area contributed by atoms with Gasteiger partial charge in [-0.25, -0.2) is 9.59 Å². The summed E-state index contributed by atoms with van der Waals surface area (Å²) in [6, 6.07) is 17.2. The highest BCUT2D eigenvalue weighted by molar-refractivity contribution is 5.78. The average molecular weight is 502 g/mol. The lowest BCUT2D eigenvalue weighted by molar-refractivity contribution is 0.301.